The second kappa shape index (κ2) is 10.4. The molecule has 1 aromatic heterocycles. The quantitative estimate of drug-likeness (QED) is 0.383. The van der Waals surface area contributed by atoms with E-state index in [4.69, 9.17) is 9.72 Å². The van der Waals surface area contributed by atoms with Crippen LogP contribution in [-0.2, 0) is 6.42 Å². The lowest BCUT2D eigenvalue weighted by Crippen LogP contribution is -2.37. The summed E-state index contributed by atoms with van der Waals surface area (Å²) < 4.78 is 7.07. The van der Waals surface area contributed by atoms with Gasteiger partial charge in [0.15, 0.2) is 0 Å². The van der Waals surface area contributed by atoms with Gasteiger partial charge in [-0.3, -0.25) is 9.36 Å². The van der Waals surface area contributed by atoms with Crippen LogP contribution in [-0.4, -0.2) is 34.1 Å². The number of anilines is 1. The van der Waals surface area contributed by atoms with Gasteiger partial charge in [0.1, 0.15) is 11.6 Å². The topological polar surface area (TPSA) is 76.5 Å². The number of aryl methyl sites for hydroxylation is 1. The number of ether oxygens (including phenoxy) is 1. The summed E-state index contributed by atoms with van der Waals surface area (Å²) in [4.78, 5) is 33.0. The van der Waals surface area contributed by atoms with Crippen LogP contribution in [0.15, 0.2) is 77.6 Å². The number of carbonyl (C=O) groups is 1. The molecule has 0 saturated heterocycles. The monoisotopic (exact) mass is 470 g/mol. The highest BCUT2D eigenvalue weighted by atomic mass is 16.5. The van der Waals surface area contributed by atoms with E-state index in [2.05, 4.69) is 12.2 Å². The Morgan fingerprint density at radius 1 is 1.03 bits per heavy atom. The van der Waals surface area contributed by atoms with Crippen LogP contribution in [0.4, 0.5) is 10.5 Å². The molecular weight excluding hydrogens is 440 g/mol. The molecule has 35 heavy (non-hydrogen) atoms. The largest absolute Gasteiger partial charge is 0.494 e. The number of fused-ring (bicyclic) bond motifs is 1. The van der Waals surface area contributed by atoms with Crippen LogP contribution in [0.25, 0.3) is 16.6 Å². The molecule has 180 valence electrons. The average Bonchev–Trinajstić information content (AvgIpc) is 2.89. The van der Waals surface area contributed by atoms with Crippen molar-refractivity contribution >= 4 is 22.6 Å². The summed E-state index contributed by atoms with van der Waals surface area (Å²) in [7, 11) is 1.69. The molecule has 7 nitrogen and oxygen atoms in total. The number of aromatic nitrogens is 2. The highest BCUT2D eigenvalue weighted by Crippen LogP contribution is 2.23. The Balaban J connectivity index is 1.70. The minimum atomic E-state index is -0.485. The van der Waals surface area contributed by atoms with Gasteiger partial charge in [0.05, 0.1) is 29.2 Å². The number of hydrogen-bond donors (Lipinski definition) is 1. The zero-order valence-corrected chi connectivity index (χ0v) is 20.5. The number of hydrogen-bond acceptors (Lipinski definition) is 4. The smallest absolute Gasteiger partial charge is 0.322 e. The van der Waals surface area contributed by atoms with Crippen molar-refractivity contribution in [3.8, 4) is 11.4 Å². The predicted octanol–water partition coefficient (Wildman–Crippen LogP) is 5.57. The van der Waals surface area contributed by atoms with Gasteiger partial charge in [-0.1, -0.05) is 31.2 Å². The predicted molar refractivity (Wildman–Crippen MR) is 140 cm³/mol. The number of carbonyl (C=O) groups excluding carboxylic acids is 1. The van der Waals surface area contributed by atoms with Crippen LogP contribution in [0.3, 0.4) is 0 Å². The first-order valence-corrected chi connectivity index (χ1v) is 11.8. The van der Waals surface area contributed by atoms with Gasteiger partial charge in [-0.25, -0.2) is 9.78 Å². The summed E-state index contributed by atoms with van der Waals surface area (Å²) in [5.74, 6) is 1.23. The molecule has 0 fully saturated rings. The zero-order valence-electron chi connectivity index (χ0n) is 20.5. The fourth-order valence-corrected chi connectivity index (χ4v) is 3.92. The van der Waals surface area contributed by atoms with Crippen molar-refractivity contribution in [2.45, 2.75) is 33.2 Å². The molecule has 0 aliphatic heterocycles. The van der Waals surface area contributed by atoms with Gasteiger partial charge in [0.2, 0.25) is 0 Å². The Labute approximate surface area is 205 Å². The molecule has 0 saturated carbocycles. The SMILES string of the molecule is CCOc1ccc(NC(=O)N(C)C(C)c2nc3ccccc3c(=O)n2-c2ccc(CC)cc2)cc1. The molecular formula is C28H30N4O3. The van der Waals surface area contributed by atoms with Crippen LogP contribution < -0.4 is 15.6 Å². The third kappa shape index (κ3) is 5.04. The Morgan fingerprint density at radius 2 is 1.71 bits per heavy atom. The van der Waals surface area contributed by atoms with Gasteiger partial charge < -0.3 is 15.0 Å². The lowest BCUT2D eigenvalue weighted by Gasteiger charge is -2.27. The standard InChI is InChI=1S/C28H30N4O3/c1-5-20-11-15-22(16-12-20)32-26(30-25-10-8-7-9-24(25)27(32)33)19(3)31(4)28(34)29-21-13-17-23(18-14-21)35-6-2/h7-19H,5-6H2,1-4H3,(H,29,34). The molecule has 2 amide bonds. The van der Waals surface area contributed by atoms with Crippen LogP contribution in [0, 0.1) is 0 Å². The lowest BCUT2D eigenvalue weighted by molar-refractivity contribution is 0.205. The van der Waals surface area contributed by atoms with E-state index >= 15 is 0 Å². The number of para-hydroxylation sites is 1. The molecule has 4 aromatic rings. The van der Waals surface area contributed by atoms with Crippen molar-refractivity contribution < 1.29 is 9.53 Å². The number of amides is 2. The first kappa shape index (κ1) is 24.0. The first-order valence-electron chi connectivity index (χ1n) is 11.8. The minimum Gasteiger partial charge on any atom is -0.494 e. The molecule has 3 aromatic carbocycles. The average molecular weight is 471 g/mol. The van der Waals surface area contributed by atoms with E-state index in [9.17, 15) is 9.59 Å². The Kier molecular flexibility index (Phi) is 7.15. The summed E-state index contributed by atoms with van der Waals surface area (Å²) >= 11 is 0. The number of nitrogens with one attached hydrogen (secondary N) is 1. The van der Waals surface area contributed by atoms with E-state index in [0.29, 0.717) is 34.7 Å². The number of urea groups is 1. The molecule has 1 N–H and O–H groups in total. The molecule has 0 aliphatic carbocycles. The third-order valence-corrected chi connectivity index (χ3v) is 6.10. The van der Waals surface area contributed by atoms with Crippen molar-refractivity contribution in [1.29, 1.82) is 0 Å². The second-order valence-corrected chi connectivity index (χ2v) is 8.32. The highest BCUT2D eigenvalue weighted by Gasteiger charge is 2.24. The lowest BCUT2D eigenvalue weighted by atomic mass is 10.1. The van der Waals surface area contributed by atoms with Crippen molar-refractivity contribution in [3.05, 3.63) is 94.5 Å². The summed E-state index contributed by atoms with van der Waals surface area (Å²) in [6, 6.07) is 21.5. The normalized spacial score (nSPS) is 11.8. The second-order valence-electron chi connectivity index (χ2n) is 8.32. The van der Waals surface area contributed by atoms with Gasteiger partial charge in [-0.05, 0) is 74.4 Å². The fourth-order valence-electron chi connectivity index (χ4n) is 3.92. The maximum atomic E-state index is 13.6. The molecule has 1 atom stereocenters. The van der Waals surface area contributed by atoms with E-state index < -0.39 is 6.04 Å². The van der Waals surface area contributed by atoms with Crippen LogP contribution in [0.2, 0.25) is 0 Å². The molecule has 0 bridgehead atoms. The molecule has 0 radical (unpaired) electrons. The van der Waals surface area contributed by atoms with Gasteiger partial charge in [-0.2, -0.15) is 0 Å². The summed E-state index contributed by atoms with van der Waals surface area (Å²) in [5.41, 5.74) is 2.98. The van der Waals surface area contributed by atoms with E-state index in [1.807, 2.05) is 68.4 Å². The number of nitrogens with zero attached hydrogens (tertiary/aromatic N) is 3. The van der Waals surface area contributed by atoms with Gasteiger partial charge in [-0.15, -0.1) is 0 Å². The van der Waals surface area contributed by atoms with Gasteiger partial charge in [0, 0.05) is 12.7 Å². The number of benzene rings is 3. The Bertz CT molecular complexity index is 1380. The molecule has 1 unspecified atom stereocenters. The number of rotatable bonds is 7. The third-order valence-electron chi connectivity index (χ3n) is 6.10. The van der Waals surface area contributed by atoms with E-state index in [0.717, 1.165) is 12.2 Å². The van der Waals surface area contributed by atoms with Crippen LogP contribution >= 0.6 is 0 Å². The molecule has 7 heteroatoms. The molecule has 4 rings (SSSR count). The highest BCUT2D eigenvalue weighted by molar-refractivity contribution is 5.89. The minimum absolute atomic E-state index is 0.165. The molecule has 0 aliphatic rings. The van der Waals surface area contributed by atoms with Crippen molar-refractivity contribution in [2.75, 3.05) is 19.0 Å². The van der Waals surface area contributed by atoms with Crippen molar-refractivity contribution in [1.82, 2.24) is 14.5 Å². The van der Waals surface area contributed by atoms with Crippen molar-refractivity contribution in [3.63, 3.8) is 0 Å². The summed E-state index contributed by atoms with van der Waals surface area (Å²) in [6.07, 6.45) is 0.906. The summed E-state index contributed by atoms with van der Waals surface area (Å²) in [6.45, 7) is 6.45. The summed E-state index contributed by atoms with van der Waals surface area (Å²) in [5, 5.41) is 3.44. The molecule has 0 spiro atoms. The first-order chi connectivity index (χ1) is 16.9. The van der Waals surface area contributed by atoms with Gasteiger partial charge >= 0.3 is 6.03 Å². The van der Waals surface area contributed by atoms with Crippen LogP contribution in [0.5, 0.6) is 5.75 Å². The fraction of sp³-hybridized carbons (Fsp3) is 0.250. The Morgan fingerprint density at radius 3 is 2.37 bits per heavy atom. The van der Waals surface area contributed by atoms with Crippen LogP contribution in [0.1, 0.15) is 38.2 Å². The maximum absolute atomic E-state index is 13.6. The zero-order chi connectivity index (χ0) is 24.9. The maximum Gasteiger partial charge on any atom is 0.322 e. The van der Waals surface area contributed by atoms with Crippen molar-refractivity contribution in [2.24, 2.45) is 0 Å². The van der Waals surface area contributed by atoms with E-state index in [1.165, 1.54) is 5.56 Å². The Hall–Kier alpha value is -4.13. The van der Waals surface area contributed by atoms with E-state index in [-0.39, 0.29) is 11.6 Å². The molecule has 1 heterocycles. The van der Waals surface area contributed by atoms with Gasteiger partial charge in [0.25, 0.3) is 5.56 Å². The van der Waals surface area contributed by atoms with E-state index in [1.54, 1.807) is 34.7 Å².